The highest BCUT2D eigenvalue weighted by atomic mass is 32.2. The van der Waals surface area contributed by atoms with Crippen molar-refractivity contribution in [3.05, 3.63) is 35.4 Å². The summed E-state index contributed by atoms with van der Waals surface area (Å²) in [4.78, 5) is 0. The molecule has 0 saturated carbocycles. The lowest BCUT2D eigenvalue weighted by atomic mass is 9.98. The Labute approximate surface area is 104 Å². The topological polar surface area (TPSA) is 46.2 Å². The van der Waals surface area contributed by atoms with Crippen LogP contribution < -0.4 is 4.72 Å². The Morgan fingerprint density at radius 2 is 1.59 bits per heavy atom. The number of hydrogen-bond acceptors (Lipinski definition) is 2. The van der Waals surface area contributed by atoms with Gasteiger partial charge < -0.3 is 0 Å². The fraction of sp³-hybridized carbons (Fsp3) is 0.538. The van der Waals surface area contributed by atoms with E-state index in [9.17, 15) is 8.42 Å². The van der Waals surface area contributed by atoms with Crippen LogP contribution in [0.15, 0.2) is 24.3 Å². The molecule has 0 aliphatic heterocycles. The standard InChI is InChI=1S/C13H21NO2S/c1-5-13(14-17(4,15)16)12-8-6-11(7-9-12)10(2)3/h6-10,13-14H,5H2,1-4H3. The molecule has 1 aromatic carbocycles. The summed E-state index contributed by atoms with van der Waals surface area (Å²) in [5, 5.41) is 0. The maximum atomic E-state index is 11.2. The van der Waals surface area contributed by atoms with Gasteiger partial charge in [-0.25, -0.2) is 13.1 Å². The zero-order chi connectivity index (χ0) is 13.1. The molecule has 0 aliphatic rings. The lowest BCUT2D eigenvalue weighted by Crippen LogP contribution is -2.26. The van der Waals surface area contributed by atoms with Gasteiger partial charge in [-0.3, -0.25) is 0 Å². The summed E-state index contributed by atoms with van der Waals surface area (Å²) in [5.74, 6) is 0.493. The van der Waals surface area contributed by atoms with Gasteiger partial charge in [-0.2, -0.15) is 0 Å². The highest BCUT2D eigenvalue weighted by molar-refractivity contribution is 7.88. The third kappa shape index (κ3) is 4.48. The third-order valence-corrected chi connectivity index (χ3v) is 3.48. The van der Waals surface area contributed by atoms with Crippen molar-refractivity contribution in [1.29, 1.82) is 0 Å². The molecule has 3 nitrogen and oxygen atoms in total. The van der Waals surface area contributed by atoms with Crippen LogP contribution in [0.5, 0.6) is 0 Å². The van der Waals surface area contributed by atoms with E-state index >= 15 is 0 Å². The van der Waals surface area contributed by atoms with Crippen molar-refractivity contribution in [2.75, 3.05) is 6.26 Å². The second-order valence-electron chi connectivity index (χ2n) is 4.67. The fourth-order valence-corrected chi connectivity index (χ4v) is 2.58. The largest absolute Gasteiger partial charge is 0.213 e. The maximum Gasteiger partial charge on any atom is 0.209 e. The number of benzene rings is 1. The predicted octanol–water partition coefficient (Wildman–Crippen LogP) is 2.81. The zero-order valence-electron chi connectivity index (χ0n) is 10.9. The summed E-state index contributed by atoms with van der Waals surface area (Å²) >= 11 is 0. The van der Waals surface area contributed by atoms with Gasteiger partial charge >= 0.3 is 0 Å². The quantitative estimate of drug-likeness (QED) is 0.879. The van der Waals surface area contributed by atoms with E-state index < -0.39 is 10.0 Å². The van der Waals surface area contributed by atoms with Crippen LogP contribution in [0, 0.1) is 0 Å². The van der Waals surface area contributed by atoms with E-state index in [0.717, 1.165) is 12.0 Å². The van der Waals surface area contributed by atoms with Gasteiger partial charge in [0.25, 0.3) is 0 Å². The molecule has 0 fully saturated rings. The van der Waals surface area contributed by atoms with E-state index in [1.165, 1.54) is 11.8 Å². The Balaban J connectivity index is 2.90. The summed E-state index contributed by atoms with van der Waals surface area (Å²) in [6.45, 7) is 6.25. The number of hydrogen-bond donors (Lipinski definition) is 1. The highest BCUT2D eigenvalue weighted by Gasteiger charge is 2.14. The molecule has 0 heterocycles. The van der Waals surface area contributed by atoms with Gasteiger partial charge in [0.05, 0.1) is 6.26 Å². The molecular weight excluding hydrogens is 234 g/mol. The van der Waals surface area contributed by atoms with E-state index in [2.05, 4.69) is 30.7 Å². The smallest absolute Gasteiger partial charge is 0.209 e. The first-order valence-electron chi connectivity index (χ1n) is 5.90. The molecule has 0 amide bonds. The van der Waals surface area contributed by atoms with E-state index in [1.54, 1.807) is 0 Å². The van der Waals surface area contributed by atoms with E-state index in [-0.39, 0.29) is 6.04 Å². The van der Waals surface area contributed by atoms with Crippen LogP contribution in [0.3, 0.4) is 0 Å². The van der Waals surface area contributed by atoms with Crippen molar-refractivity contribution in [2.24, 2.45) is 0 Å². The molecule has 4 heteroatoms. The van der Waals surface area contributed by atoms with Crippen molar-refractivity contribution in [3.63, 3.8) is 0 Å². The first-order valence-corrected chi connectivity index (χ1v) is 7.79. The van der Waals surface area contributed by atoms with Crippen LogP contribution in [-0.2, 0) is 10.0 Å². The van der Waals surface area contributed by atoms with E-state index in [0.29, 0.717) is 5.92 Å². The second-order valence-corrected chi connectivity index (χ2v) is 6.45. The average molecular weight is 255 g/mol. The van der Waals surface area contributed by atoms with Crippen LogP contribution in [0.2, 0.25) is 0 Å². The molecule has 0 aliphatic carbocycles. The fourth-order valence-electron chi connectivity index (χ4n) is 1.76. The third-order valence-electron chi connectivity index (χ3n) is 2.77. The van der Waals surface area contributed by atoms with Gasteiger partial charge in [0.1, 0.15) is 0 Å². The summed E-state index contributed by atoms with van der Waals surface area (Å²) in [5.41, 5.74) is 2.28. The van der Waals surface area contributed by atoms with Gasteiger partial charge in [-0.15, -0.1) is 0 Å². The highest BCUT2D eigenvalue weighted by Crippen LogP contribution is 2.21. The van der Waals surface area contributed by atoms with Crippen molar-refractivity contribution in [1.82, 2.24) is 4.72 Å². The molecule has 17 heavy (non-hydrogen) atoms. The van der Waals surface area contributed by atoms with Crippen LogP contribution in [0.1, 0.15) is 50.3 Å². The molecule has 1 N–H and O–H groups in total. The minimum Gasteiger partial charge on any atom is -0.213 e. The maximum absolute atomic E-state index is 11.2. The molecular formula is C13H21NO2S. The van der Waals surface area contributed by atoms with Crippen molar-refractivity contribution in [3.8, 4) is 0 Å². The van der Waals surface area contributed by atoms with Crippen LogP contribution >= 0.6 is 0 Å². The molecule has 0 bridgehead atoms. The number of rotatable bonds is 5. The lowest BCUT2D eigenvalue weighted by Gasteiger charge is -2.16. The van der Waals surface area contributed by atoms with Gasteiger partial charge in [-0.05, 0) is 23.5 Å². The molecule has 96 valence electrons. The summed E-state index contributed by atoms with van der Waals surface area (Å²) in [6.07, 6.45) is 1.94. The number of nitrogens with one attached hydrogen (secondary N) is 1. The molecule has 0 saturated heterocycles. The lowest BCUT2D eigenvalue weighted by molar-refractivity contribution is 0.555. The summed E-state index contributed by atoms with van der Waals surface area (Å²) in [7, 11) is -3.16. The Hall–Kier alpha value is -0.870. The van der Waals surface area contributed by atoms with Crippen LogP contribution in [0.25, 0.3) is 0 Å². The first kappa shape index (κ1) is 14.2. The van der Waals surface area contributed by atoms with Gasteiger partial charge in [0.2, 0.25) is 10.0 Å². The Morgan fingerprint density at radius 1 is 1.12 bits per heavy atom. The SMILES string of the molecule is CCC(NS(C)(=O)=O)c1ccc(C(C)C)cc1. The summed E-state index contributed by atoms with van der Waals surface area (Å²) < 4.78 is 25.1. The molecule has 0 aromatic heterocycles. The van der Waals surface area contributed by atoms with Gasteiger partial charge in [-0.1, -0.05) is 45.0 Å². The average Bonchev–Trinajstić information content (AvgIpc) is 2.25. The Kier molecular flexibility index (Phi) is 4.71. The zero-order valence-corrected chi connectivity index (χ0v) is 11.7. The number of sulfonamides is 1. The predicted molar refractivity (Wildman–Crippen MR) is 71.5 cm³/mol. The second kappa shape index (κ2) is 5.65. The molecule has 1 rings (SSSR count). The van der Waals surface area contributed by atoms with Crippen LogP contribution in [-0.4, -0.2) is 14.7 Å². The molecule has 0 radical (unpaired) electrons. The normalized spacial score (nSPS) is 13.9. The van der Waals surface area contributed by atoms with Crippen molar-refractivity contribution < 1.29 is 8.42 Å². The molecule has 0 spiro atoms. The minimum absolute atomic E-state index is 0.133. The minimum atomic E-state index is -3.16. The molecule has 1 atom stereocenters. The van der Waals surface area contributed by atoms with Crippen molar-refractivity contribution >= 4 is 10.0 Å². The van der Waals surface area contributed by atoms with Gasteiger partial charge in [0.15, 0.2) is 0 Å². The van der Waals surface area contributed by atoms with E-state index in [4.69, 9.17) is 0 Å². The van der Waals surface area contributed by atoms with E-state index in [1.807, 2.05) is 19.1 Å². The molecule has 1 unspecified atom stereocenters. The van der Waals surface area contributed by atoms with Crippen molar-refractivity contribution in [2.45, 2.75) is 39.2 Å². The Morgan fingerprint density at radius 3 is 1.94 bits per heavy atom. The molecule has 1 aromatic rings. The first-order chi connectivity index (χ1) is 7.83. The van der Waals surface area contributed by atoms with Gasteiger partial charge in [0, 0.05) is 6.04 Å². The Bertz CT molecular complexity index is 449. The van der Waals surface area contributed by atoms with Crippen LogP contribution in [0.4, 0.5) is 0 Å². The monoisotopic (exact) mass is 255 g/mol. The summed E-state index contributed by atoms with van der Waals surface area (Å²) in [6, 6.07) is 7.99.